The molecule has 0 aliphatic heterocycles. The van der Waals surface area contributed by atoms with Crippen LogP contribution in [0.4, 0.5) is 0 Å². The Balaban J connectivity index is 2.85. The van der Waals surface area contributed by atoms with Crippen LogP contribution < -0.4 is 4.74 Å². The first-order valence-corrected chi connectivity index (χ1v) is 6.06. The van der Waals surface area contributed by atoms with E-state index in [9.17, 15) is 9.59 Å². The van der Waals surface area contributed by atoms with Gasteiger partial charge in [0.1, 0.15) is 5.75 Å². The predicted molar refractivity (Wildman–Crippen MR) is 70.7 cm³/mol. The fourth-order valence-electron chi connectivity index (χ4n) is 1.24. The van der Waals surface area contributed by atoms with Gasteiger partial charge in [0, 0.05) is 18.6 Å². The second-order valence-corrected chi connectivity index (χ2v) is 4.46. The zero-order valence-corrected chi connectivity index (χ0v) is 11.6. The fourth-order valence-corrected chi connectivity index (χ4v) is 1.80. The van der Waals surface area contributed by atoms with Crippen molar-refractivity contribution in [2.45, 2.75) is 6.92 Å². The van der Waals surface area contributed by atoms with E-state index >= 15 is 0 Å². The molecule has 0 fully saturated rings. The summed E-state index contributed by atoms with van der Waals surface area (Å²) in [4.78, 5) is 23.9. The SMILES string of the molecule is CCN(C)C(=O)COc1c(Cl)cc(Cl)cc1C=O. The van der Waals surface area contributed by atoms with E-state index < -0.39 is 0 Å². The zero-order chi connectivity index (χ0) is 13.7. The van der Waals surface area contributed by atoms with Crippen molar-refractivity contribution < 1.29 is 14.3 Å². The summed E-state index contributed by atoms with van der Waals surface area (Å²) in [7, 11) is 1.66. The van der Waals surface area contributed by atoms with Crippen molar-refractivity contribution in [1.29, 1.82) is 0 Å². The number of amides is 1. The highest BCUT2D eigenvalue weighted by molar-refractivity contribution is 6.36. The van der Waals surface area contributed by atoms with Crippen LogP contribution in [-0.2, 0) is 4.79 Å². The van der Waals surface area contributed by atoms with Crippen LogP contribution in [0.25, 0.3) is 0 Å². The molecule has 1 amide bonds. The summed E-state index contributed by atoms with van der Waals surface area (Å²) in [6, 6.07) is 2.89. The van der Waals surface area contributed by atoms with Gasteiger partial charge in [-0.15, -0.1) is 0 Å². The van der Waals surface area contributed by atoms with Crippen LogP contribution >= 0.6 is 23.2 Å². The molecule has 0 aliphatic rings. The lowest BCUT2D eigenvalue weighted by Crippen LogP contribution is -2.31. The summed E-state index contributed by atoms with van der Waals surface area (Å²) in [5.41, 5.74) is 0.222. The first-order chi connectivity index (χ1) is 8.49. The van der Waals surface area contributed by atoms with E-state index in [2.05, 4.69) is 0 Å². The van der Waals surface area contributed by atoms with Crippen molar-refractivity contribution in [1.82, 2.24) is 4.90 Å². The van der Waals surface area contributed by atoms with E-state index in [-0.39, 0.29) is 28.8 Å². The van der Waals surface area contributed by atoms with Gasteiger partial charge in [0.15, 0.2) is 12.9 Å². The molecule has 0 heterocycles. The molecule has 0 aliphatic carbocycles. The van der Waals surface area contributed by atoms with Crippen LogP contribution in [0.15, 0.2) is 12.1 Å². The smallest absolute Gasteiger partial charge is 0.260 e. The van der Waals surface area contributed by atoms with Crippen LogP contribution in [0.5, 0.6) is 5.75 Å². The maximum Gasteiger partial charge on any atom is 0.260 e. The van der Waals surface area contributed by atoms with Crippen molar-refractivity contribution in [2.24, 2.45) is 0 Å². The molecule has 0 N–H and O–H groups in total. The highest BCUT2D eigenvalue weighted by Gasteiger charge is 2.13. The summed E-state index contributed by atoms with van der Waals surface area (Å²) in [5.74, 6) is -0.0192. The molecule has 0 saturated heterocycles. The topological polar surface area (TPSA) is 46.6 Å². The Morgan fingerprint density at radius 2 is 2.11 bits per heavy atom. The van der Waals surface area contributed by atoms with Crippen molar-refractivity contribution in [3.05, 3.63) is 27.7 Å². The number of aldehydes is 1. The van der Waals surface area contributed by atoms with E-state index in [1.54, 1.807) is 7.05 Å². The molecule has 6 heteroatoms. The Morgan fingerprint density at radius 1 is 1.44 bits per heavy atom. The van der Waals surface area contributed by atoms with Crippen molar-refractivity contribution in [2.75, 3.05) is 20.2 Å². The number of rotatable bonds is 5. The number of nitrogens with zero attached hydrogens (tertiary/aromatic N) is 1. The van der Waals surface area contributed by atoms with Gasteiger partial charge in [-0.25, -0.2) is 0 Å². The van der Waals surface area contributed by atoms with E-state index in [1.807, 2.05) is 6.92 Å². The largest absolute Gasteiger partial charge is 0.481 e. The Hall–Kier alpha value is -1.26. The third kappa shape index (κ3) is 3.62. The molecule has 0 spiro atoms. The summed E-state index contributed by atoms with van der Waals surface area (Å²) in [6.07, 6.45) is 0.584. The summed E-state index contributed by atoms with van der Waals surface area (Å²) in [5, 5.41) is 0.544. The minimum absolute atomic E-state index is 0.174. The Labute approximate surface area is 115 Å². The standard InChI is InChI=1S/C12H13Cl2NO3/c1-3-15(2)11(17)7-18-12-8(6-16)4-9(13)5-10(12)14/h4-6H,3,7H2,1-2H3. The number of likely N-dealkylation sites (N-methyl/N-ethyl adjacent to an activating group) is 1. The summed E-state index contributed by atoms with van der Waals surface area (Å²) in [6.45, 7) is 2.26. The predicted octanol–water partition coefficient (Wildman–Crippen LogP) is 2.66. The molecule has 1 aromatic carbocycles. The first kappa shape index (κ1) is 14.8. The zero-order valence-electron chi connectivity index (χ0n) is 10.1. The number of carbonyl (C=O) groups is 2. The monoisotopic (exact) mass is 289 g/mol. The maximum atomic E-state index is 11.6. The minimum Gasteiger partial charge on any atom is -0.481 e. The third-order valence-electron chi connectivity index (χ3n) is 2.40. The number of benzene rings is 1. The first-order valence-electron chi connectivity index (χ1n) is 5.30. The molecule has 1 aromatic rings. The van der Waals surface area contributed by atoms with E-state index in [0.29, 0.717) is 17.9 Å². The molecule has 1 rings (SSSR count). The van der Waals surface area contributed by atoms with Gasteiger partial charge >= 0.3 is 0 Å². The Kier molecular flexibility index (Phi) is 5.44. The molecule has 0 aromatic heterocycles. The molecule has 98 valence electrons. The number of ether oxygens (including phenoxy) is 1. The van der Waals surface area contributed by atoms with Gasteiger partial charge in [0.2, 0.25) is 0 Å². The van der Waals surface area contributed by atoms with Crippen LogP contribution in [0.2, 0.25) is 10.0 Å². The average molecular weight is 290 g/mol. The van der Waals surface area contributed by atoms with Crippen LogP contribution in [0.1, 0.15) is 17.3 Å². The second kappa shape index (κ2) is 6.61. The number of carbonyl (C=O) groups excluding carboxylic acids is 2. The van der Waals surface area contributed by atoms with Crippen molar-refractivity contribution in [3.63, 3.8) is 0 Å². The minimum atomic E-state index is -0.194. The molecule has 4 nitrogen and oxygen atoms in total. The lowest BCUT2D eigenvalue weighted by molar-refractivity contribution is -0.131. The van der Waals surface area contributed by atoms with E-state index in [4.69, 9.17) is 27.9 Å². The molecule has 0 saturated carbocycles. The van der Waals surface area contributed by atoms with Crippen LogP contribution in [0, 0.1) is 0 Å². The van der Waals surface area contributed by atoms with E-state index in [0.717, 1.165) is 0 Å². The van der Waals surface area contributed by atoms with Crippen LogP contribution in [-0.4, -0.2) is 37.3 Å². The summed E-state index contributed by atoms with van der Waals surface area (Å²) < 4.78 is 5.29. The normalized spacial score (nSPS) is 10.0. The molecule has 0 atom stereocenters. The van der Waals surface area contributed by atoms with Gasteiger partial charge in [-0.1, -0.05) is 23.2 Å². The highest BCUT2D eigenvalue weighted by Crippen LogP contribution is 2.31. The molecule has 18 heavy (non-hydrogen) atoms. The molecular weight excluding hydrogens is 277 g/mol. The van der Waals surface area contributed by atoms with Gasteiger partial charge in [-0.2, -0.15) is 0 Å². The van der Waals surface area contributed by atoms with Gasteiger partial charge in [0.05, 0.1) is 10.6 Å². The highest BCUT2D eigenvalue weighted by atomic mass is 35.5. The van der Waals surface area contributed by atoms with Gasteiger partial charge < -0.3 is 9.64 Å². The number of halogens is 2. The molecule has 0 unspecified atom stereocenters. The van der Waals surface area contributed by atoms with Crippen molar-refractivity contribution in [3.8, 4) is 5.75 Å². The quantitative estimate of drug-likeness (QED) is 0.783. The fraction of sp³-hybridized carbons (Fsp3) is 0.333. The average Bonchev–Trinajstić information content (AvgIpc) is 2.35. The molecule has 0 radical (unpaired) electrons. The lowest BCUT2D eigenvalue weighted by atomic mass is 10.2. The van der Waals surface area contributed by atoms with Crippen LogP contribution in [0.3, 0.4) is 0 Å². The molecular formula is C12H13Cl2NO3. The Morgan fingerprint density at radius 3 is 2.67 bits per heavy atom. The van der Waals surface area contributed by atoms with E-state index in [1.165, 1.54) is 17.0 Å². The van der Waals surface area contributed by atoms with Gasteiger partial charge in [-0.05, 0) is 19.1 Å². The van der Waals surface area contributed by atoms with Gasteiger partial charge in [-0.3, -0.25) is 9.59 Å². The van der Waals surface area contributed by atoms with Crippen molar-refractivity contribution >= 4 is 35.4 Å². The molecule has 0 bridgehead atoms. The lowest BCUT2D eigenvalue weighted by Gasteiger charge is -2.16. The maximum absolute atomic E-state index is 11.6. The second-order valence-electron chi connectivity index (χ2n) is 3.62. The third-order valence-corrected chi connectivity index (χ3v) is 2.90. The van der Waals surface area contributed by atoms with Gasteiger partial charge in [0.25, 0.3) is 5.91 Å². The summed E-state index contributed by atoms with van der Waals surface area (Å²) >= 11 is 11.7. The Bertz CT molecular complexity index is 463. The number of hydrogen-bond donors (Lipinski definition) is 0. The number of hydrogen-bond acceptors (Lipinski definition) is 3.